The Morgan fingerprint density at radius 2 is 2.06 bits per heavy atom. The summed E-state index contributed by atoms with van der Waals surface area (Å²) in [4.78, 5) is 32.2. The van der Waals surface area contributed by atoms with Gasteiger partial charge in [0.1, 0.15) is 24.9 Å². The molecule has 18 heavy (non-hydrogen) atoms. The molecule has 0 bridgehead atoms. The fourth-order valence-electron chi connectivity index (χ4n) is 1.62. The molecule has 0 aliphatic carbocycles. The Kier molecular flexibility index (Phi) is 5.49. The van der Waals surface area contributed by atoms with Crippen molar-refractivity contribution in [2.75, 3.05) is 6.61 Å². The number of carbonyl (C=O) groups excluding carboxylic acids is 2. The average molecular weight is 280 g/mol. The van der Waals surface area contributed by atoms with E-state index in [0.29, 0.717) is 0 Å². The largest absolute Gasteiger partial charge is 0.463 e. The van der Waals surface area contributed by atoms with E-state index in [1.54, 1.807) is 0 Å². The van der Waals surface area contributed by atoms with Crippen LogP contribution in [0, 0.1) is 4.91 Å². The summed E-state index contributed by atoms with van der Waals surface area (Å²) in [7, 11) is 0. The van der Waals surface area contributed by atoms with Gasteiger partial charge in [0.05, 0.1) is 0 Å². The summed E-state index contributed by atoms with van der Waals surface area (Å²) < 4.78 is 15.1. The Hall–Kier alpha value is -1.21. The van der Waals surface area contributed by atoms with Crippen LogP contribution in [0.3, 0.4) is 0 Å². The fraction of sp³-hybridized carbons (Fsp3) is 0.800. The number of hydrogen-bond acceptors (Lipinski definition) is 7. The maximum Gasteiger partial charge on any atom is 0.302 e. The molecule has 1 saturated heterocycles. The number of ether oxygens (including phenoxy) is 3. The first-order valence-corrected chi connectivity index (χ1v) is 5.80. The van der Waals surface area contributed by atoms with E-state index in [1.807, 2.05) is 0 Å². The second kappa shape index (κ2) is 6.65. The molecule has 0 spiro atoms. The minimum absolute atomic E-state index is 0.0952. The molecule has 4 atom stereocenters. The van der Waals surface area contributed by atoms with Crippen LogP contribution in [0.1, 0.15) is 20.3 Å². The maximum atomic E-state index is 10.9. The van der Waals surface area contributed by atoms with Gasteiger partial charge in [0.15, 0.2) is 5.56 Å². The number of esters is 2. The molecule has 0 aromatic rings. The molecule has 0 radical (unpaired) electrons. The van der Waals surface area contributed by atoms with Gasteiger partial charge in [0.2, 0.25) is 0 Å². The van der Waals surface area contributed by atoms with Crippen molar-refractivity contribution < 1.29 is 23.8 Å². The molecule has 8 heteroatoms. The zero-order chi connectivity index (χ0) is 13.7. The summed E-state index contributed by atoms with van der Waals surface area (Å²) in [5, 5.41) is 2.81. The third kappa shape index (κ3) is 4.23. The Morgan fingerprint density at radius 3 is 2.56 bits per heavy atom. The first kappa shape index (κ1) is 14.8. The van der Waals surface area contributed by atoms with Gasteiger partial charge in [-0.2, -0.15) is 4.91 Å². The molecule has 0 aromatic heterocycles. The number of halogens is 1. The van der Waals surface area contributed by atoms with Crippen molar-refractivity contribution in [1.82, 2.24) is 0 Å². The predicted octanol–water partition coefficient (Wildman–Crippen LogP) is 0.970. The highest BCUT2D eigenvalue weighted by molar-refractivity contribution is 6.20. The third-order valence-electron chi connectivity index (χ3n) is 2.40. The average Bonchev–Trinajstić information content (AvgIpc) is 2.28. The van der Waals surface area contributed by atoms with Crippen molar-refractivity contribution in [2.24, 2.45) is 5.18 Å². The lowest BCUT2D eigenvalue weighted by Crippen LogP contribution is -2.48. The lowest BCUT2D eigenvalue weighted by Gasteiger charge is -2.35. The fourth-order valence-corrected chi connectivity index (χ4v) is 1.90. The molecular formula is C10H14ClNO6. The molecule has 0 N–H and O–H groups in total. The quantitative estimate of drug-likeness (QED) is 0.433. The monoisotopic (exact) mass is 279 g/mol. The van der Waals surface area contributed by atoms with Crippen molar-refractivity contribution in [3.05, 3.63) is 4.91 Å². The van der Waals surface area contributed by atoms with E-state index >= 15 is 0 Å². The van der Waals surface area contributed by atoms with Gasteiger partial charge in [-0.3, -0.25) is 9.59 Å². The zero-order valence-electron chi connectivity index (χ0n) is 10.00. The van der Waals surface area contributed by atoms with Crippen LogP contribution in [0.15, 0.2) is 5.18 Å². The van der Waals surface area contributed by atoms with E-state index in [4.69, 9.17) is 25.8 Å². The van der Waals surface area contributed by atoms with Crippen molar-refractivity contribution in [1.29, 1.82) is 0 Å². The van der Waals surface area contributed by atoms with Gasteiger partial charge < -0.3 is 14.2 Å². The predicted molar refractivity (Wildman–Crippen MR) is 60.9 cm³/mol. The smallest absolute Gasteiger partial charge is 0.302 e. The Balaban J connectivity index is 2.67. The molecule has 1 unspecified atom stereocenters. The molecule has 1 aliphatic heterocycles. The maximum absolute atomic E-state index is 10.9. The van der Waals surface area contributed by atoms with Crippen molar-refractivity contribution in [2.45, 2.75) is 44.1 Å². The summed E-state index contributed by atoms with van der Waals surface area (Å²) in [5.74, 6) is -1.00. The first-order chi connectivity index (χ1) is 8.43. The molecule has 1 heterocycles. The van der Waals surface area contributed by atoms with Crippen LogP contribution in [0.25, 0.3) is 0 Å². The van der Waals surface area contributed by atoms with E-state index < -0.39 is 35.8 Å². The molecular weight excluding hydrogens is 266 g/mol. The molecule has 1 rings (SSSR count). The number of nitrogens with zero attached hydrogens (tertiary/aromatic N) is 1. The third-order valence-corrected chi connectivity index (χ3v) is 2.79. The van der Waals surface area contributed by atoms with Gasteiger partial charge in [-0.15, -0.1) is 0 Å². The van der Waals surface area contributed by atoms with Crippen LogP contribution >= 0.6 is 11.6 Å². The van der Waals surface area contributed by atoms with Crippen molar-refractivity contribution in [3.8, 4) is 0 Å². The van der Waals surface area contributed by atoms with E-state index in [0.717, 1.165) is 0 Å². The van der Waals surface area contributed by atoms with Gasteiger partial charge in [0.25, 0.3) is 0 Å². The number of nitroso groups, excluding NO2 is 1. The molecule has 102 valence electrons. The van der Waals surface area contributed by atoms with Gasteiger partial charge in [-0.05, 0) is 0 Å². The van der Waals surface area contributed by atoms with E-state index in [2.05, 4.69) is 5.18 Å². The molecule has 1 aliphatic rings. The minimum atomic E-state index is -0.921. The molecule has 0 aromatic carbocycles. The van der Waals surface area contributed by atoms with Crippen molar-refractivity contribution in [3.63, 3.8) is 0 Å². The summed E-state index contributed by atoms with van der Waals surface area (Å²) in [6.45, 7) is 2.39. The number of alkyl halides is 1. The van der Waals surface area contributed by atoms with E-state index in [9.17, 15) is 14.5 Å². The molecule has 0 saturated carbocycles. The summed E-state index contributed by atoms with van der Waals surface area (Å²) in [5.41, 5.74) is -0.921. The molecule has 0 amide bonds. The first-order valence-electron chi connectivity index (χ1n) is 5.36. The van der Waals surface area contributed by atoms with Crippen molar-refractivity contribution >= 4 is 23.5 Å². The molecule has 7 nitrogen and oxygen atoms in total. The topological polar surface area (TPSA) is 91.3 Å². The summed E-state index contributed by atoms with van der Waals surface area (Å²) in [6, 6.07) is -0.801. The Morgan fingerprint density at radius 1 is 1.39 bits per heavy atom. The second-order valence-corrected chi connectivity index (χ2v) is 4.31. The van der Waals surface area contributed by atoms with Crippen LogP contribution in [-0.2, 0) is 23.8 Å². The standard InChI is InChI=1S/C10H14ClNO6/c1-5(13)16-4-9-8(17-6(2)14)3-7(12-15)10(11)18-9/h7-10H,3-4H2,1-2H3/t7-,8-,9-,10?/m1/s1. The van der Waals surface area contributed by atoms with Crippen LogP contribution in [0.5, 0.6) is 0 Å². The summed E-state index contributed by atoms with van der Waals surface area (Å²) >= 11 is 5.80. The zero-order valence-corrected chi connectivity index (χ0v) is 10.8. The normalized spacial score (nSPS) is 31.5. The number of rotatable bonds is 4. The van der Waals surface area contributed by atoms with Gasteiger partial charge in [0, 0.05) is 20.3 Å². The second-order valence-electron chi connectivity index (χ2n) is 3.88. The van der Waals surface area contributed by atoms with Gasteiger partial charge in [-0.1, -0.05) is 16.8 Å². The lowest BCUT2D eigenvalue weighted by molar-refractivity contribution is -0.175. The number of hydrogen-bond donors (Lipinski definition) is 0. The van der Waals surface area contributed by atoms with Crippen LogP contribution < -0.4 is 0 Å². The van der Waals surface area contributed by atoms with E-state index in [1.165, 1.54) is 13.8 Å². The highest BCUT2D eigenvalue weighted by Gasteiger charge is 2.40. The van der Waals surface area contributed by atoms with Crippen LogP contribution in [0.4, 0.5) is 0 Å². The highest BCUT2D eigenvalue weighted by Crippen LogP contribution is 2.27. The van der Waals surface area contributed by atoms with Gasteiger partial charge in [-0.25, -0.2) is 0 Å². The van der Waals surface area contributed by atoms with Crippen LogP contribution in [0.2, 0.25) is 0 Å². The highest BCUT2D eigenvalue weighted by atomic mass is 35.5. The van der Waals surface area contributed by atoms with Gasteiger partial charge >= 0.3 is 11.9 Å². The Bertz CT molecular complexity index is 336. The number of carbonyl (C=O) groups is 2. The Labute approximate surface area is 109 Å². The van der Waals surface area contributed by atoms with E-state index in [-0.39, 0.29) is 13.0 Å². The molecule has 1 fully saturated rings. The van der Waals surface area contributed by atoms with Crippen LogP contribution in [-0.4, -0.2) is 42.4 Å². The SMILES string of the molecule is CC(=O)OC[C@H]1OC(Cl)[C@H](N=O)C[C@H]1OC(C)=O. The minimum Gasteiger partial charge on any atom is -0.463 e. The summed E-state index contributed by atoms with van der Waals surface area (Å²) in [6.07, 6.45) is -1.26. The lowest BCUT2D eigenvalue weighted by atomic mass is 10.0.